The number of hydrogen-bond acceptors (Lipinski definition) is 1. The fraction of sp³-hybridized carbons (Fsp3) is 0.350. The molecule has 0 aliphatic heterocycles. The lowest BCUT2D eigenvalue weighted by Crippen LogP contribution is -2.32. The van der Waals surface area contributed by atoms with Crippen molar-refractivity contribution >= 4 is 11.7 Å². The van der Waals surface area contributed by atoms with Crippen LogP contribution >= 0.6 is 0 Å². The molecular formula is C20H22N2O. The van der Waals surface area contributed by atoms with E-state index in [1.54, 1.807) is 0 Å². The lowest BCUT2D eigenvalue weighted by Gasteiger charge is -2.21. The summed E-state index contributed by atoms with van der Waals surface area (Å²) >= 11 is 0. The summed E-state index contributed by atoms with van der Waals surface area (Å²) in [6, 6.07) is 14.7. The van der Waals surface area contributed by atoms with E-state index in [2.05, 4.69) is 34.9 Å². The third-order valence-electron chi connectivity index (χ3n) is 5.08. The first-order valence-electron chi connectivity index (χ1n) is 8.57. The topological polar surface area (TPSA) is 41.1 Å². The molecule has 2 amide bonds. The summed E-state index contributed by atoms with van der Waals surface area (Å²) in [4.78, 5) is 12.4. The summed E-state index contributed by atoms with van der Waals surface area (Å²) in [6.45, 7) is 0. The molecule has 0 radical (unpaired) electrons. The number of aryl methyl sites for hydroxylation is 2. The van der Waals surface area contributed by atoms with Gasteiger partial charge in [-0.2, -0.15) is 0 Å². The third kappa shape index (κ3) is 2.83. The minimum Gasteiger partial charge on any atom is -0.331 e. The molecule has 0 saturated carbocycles. The molecule has 0 heterocycles. The number of fused-ring (bicyclic) bond motifs is 2. The maximum absolute atomic E-state index is 12.4. The monoisotopic (exact) mass is 306 g/mol. The third-order valence-corrected chi connectivity index (χ3v) is 5.08. The van der Waals surface area contributed by atoms with Gasteiger partial charge in [0.05, 0.1) is 6.04 Å². The predicted molar refractivity (Wildman–Crippen MR) is 92.7 cm³/mol. The van der Waals surface area contributed by atoms with E-state index in [9.17, 15) is 4.79 Å². The average molecular weight is 306 g/mol. The lowest BCUT2D eigenvalue weighted by molar-refractivity contribution is 0.248. The molecule has 0 bridgehead atoms. The van der Waals surface area contributed by atoms with E-state index in [1.165, 1.54) is 35.1 Å². The summed E-state index contributed by atoms with van der Waals surface area (Å²) in [6.07, 6.45) is 6.69. The highest BCUT2D eigenvalue weighted by Gasteiger charge is 2.23. The highest BCUT2D eigenvalue weighted by atomic mass is 16.2. The number of carbonyl (C=O) groups excluding carboxylic acids is 1. The molecule has 0 spiro atoms. The van der Waals surface area contributed by atoms with Crippen LogP contribution in [0.25, 0.3) is 0 Å². The van der Waals surface area contributed by atoms with E-state index in [0.29, 0.717) is 0 Å². The second-order valence-electron chi connectivity index (χ2n) is 6.54. The fourth-order valence-corrected chi connectivity index (χ4v) is 3.92. The molecule has 2 aromatic carbocycles. The van der Waals surface area contributed by atoms with Crippen molar-refractivity contribution in [1.82, 2.24) is 5.32 Å². The van der Waals surface area contributed by atoms with E-state index >= 15 is 0 Å². The van der Waals surface area contributed by atoms with Crippen LogP contribution in [0.15, 0.2) is 42.5 Å². The second-order valence-corrected chi connectivity index (χ2v) is 6.54. The fourth-order valence-electron chi connectivity index (χ4n) is 3.92. The maximum Gasteiger partial charge on any atom is 0.319 e. The highest BCUT2D eigenvalue weighted by molar-refractivity contribution is 5.90. The van der Waals surface area contributed by atoms with Crippen LogP contribution < -0.4 is 10.6 Å². The largest absolute Gasteiger partial charge is 0.331 e. The van der Waals surface area contributed by atoms with Crippen LogP contribution in [0, 0.1) is 0 Å². The van der Waals surface area contributed by atoms with E-state index in [1.807, 2.05) is 18.2 Å². The van der Waals surface area contributed by atoms with Gasteiger partial charge in [-0.3, -0.25) is 0 Å². The van der Waals surface area contributed by atoms with Crippen molar-refractivity contribution in [2.24, 2.45) is 0 Å². The van der Waals surface area contributed by atoms with Crippen LogP contribution in [0.5, 0.6) is 0 Å². The van der Waals surface area contributed by atoms with Crippen molar-refractivity contribution in [1.29, 1.82) is 0 Å². The number of hydrogen-bond donors (Lipinski definition) is 2. The maximum atomic E-state index is 12.4. The summed E-state index contributed by atoms with van der Waals surface area (Å²) in [5, 5.41) is 6.22. The molecule has 23 heavy (non-hydrogen) atoms. The molecule has 0 saturated heterocycles. The van der Waals surface area contributed by atoms with E-state index in [0.717, 1.165) is 31.4 Å². The smallest absolute Gasteiger partial charge is 0.319 e. The highest BCUT2D eigenvalue weighted by Crippen LogP contribution is 2.31. The van der Waals surface area contributed by atoms with Gasteiger partial charge in [-0.05, 0) is 66.8 Å². The molecule has 2 aromatic rings. The SMILES string of the molecule is O=C(Nc1cccc2c1CCCC2)NC1CCc2ccccc21. The van der Waals surface area contributed by atoms with Crippen molar-refractivity contribution in [3.05, 3.63) is 64.7 Å². The Hall–Kier alpha value is -2.29. The summed E-state index contributed by atoms with van der Waals surface area (Å²) < 4.78 is 0. The van der Waals surface area contributed by atoms with Crippen molar-refractivity contribution in [2.75, 3.05) is 5.32 Å². The Morgan fingerprint density at radius 3 is 2.70 bits per heavy atom. The minimum atomic E-state index is -0.0920. The molecule has 2 aliphatic rings. The van der Waals surface area contributed by atoms with Gasteiger partial charge in [0, 0.05) is 5.69 Å². The Balaban J connectivity index is 1.47. The summed E-state index contributed by atoms with van der Waals surface area (Å²) in [5.41, 5.74) is 6.31. The Labute approximate surface area is 137 Å². The van der Waals surface area contributed by atoms with E-state index in [-0.39, 0.29) is 12.1 Å². The first kappa shape index (κ1) is 14.3. The number of rotatable bonds is 2. The van der Waals surface area contributed by atoms with Gasteiger partial charge in [0.15, 0.2) is 0 Å². The van der Waals surface area contributed by atoms with E-state index in [4.69, 9.17) is 0 Å². The summed E-state index contributed by atoms with van der Waals surface area (Å²) in [5.74, 6) is 0. The van der Waals surface area contributed by atoms with Crippen LogP contribution in [-0.4, -0.2) is 6.03 Å². The Bertz CT molecular complexity index is 738. The van der Waals surface area contributed by atoms with Crippen molar-refractivity contribution in [2.45, 2.75) is 44.6 Å². The minimum absolute atomic E-state index is 0.0920. The van der Waals surface area contributed by atoms with Gasteiger partial charge in [-0.25, -0.2) is 4.79 Å². The van der Waals surface area contributed by atoms with Gasteiger partial charge in [-0.1, -0.05) is 36.4 Å². The normalized spacial score (nSPS) is 18.9. The average Bonchev–Trinajstić information content (AvgIpc) is 2.98. The van der Waals surface area contributed by atoms with Crippen molar-refractivity contribution < 1.29 is 4.79 Å². The van der Waals surface area contributed by atoms with Gasteiger partial charge in [0.25, 0.3) is 0 Å². The van der Waals surface area contributed by atoms with Crippen LogP contribution in [0.4, 0.5) is 10.5 Å². The number of benzene rings is 2. The molecule has 2 aliphatic carbocycles. The van der Waals surface area contributed by atoms with E-state index < -0.39 is 0 Å². The molecule has 3 heteroatoms. The number of anilines is 1. The number of nitrogens with one attached hydrogen (secondary N) is 2. The van der Waals surface area contributed by atoms with Gasteiger partial charge in [0.1, 0.15) is 0 Å². The van der Waals surface area contributed by atoms with Gasteiger partial charge >= 0.3 is 6.03 Å². The predicted octanol–water partition coefficient (Wildman–Crippen LogP) is 4.37. The number of urea groups is 1. The molecule has 0 aromatic heterocycles. The van der Waals surface area contributed by atoms with Crippen molar-refractivity contribution in [3.63, 3.8) is 0 Å². The van der Waals surface area contributed by atoms with Crippen LogP contribution in [0.3, 0.4) is 0 Å². The molecule has 3 nitrogen and oxygen atoms in total. The Morgan fingerprint density at radius 2 is 1.74 bits per heavy atom. The molecule has 4 rings (SSSR count). The zero-order valence-corrected chi connectivity index (χ0v) is 13.3. The van der Waals surface area contributed by atoms with Gasteiger partial charge in [-0.15, -0.1) is 0 Å². The number of carbonyl (C=O) groups is 1. The Morgan fingerprint density at radius 1 is 0.913 bits per heavy atom. The van der Waals surface area contributed by atoms with Gasteiger partial charge < -0.3 is 10.6 Å². The zero-order chi connectivity index (χ0) is 15.6. The molecule has 1 unspecified atom stereocenters. The second kappa shape index (κ2) is 6.07. The summed E-state index contributed by atoms with van der Waals surface area (Å²) in [7, 11) is 0. The lowest BCUT2D eigenvalue weighted by atomic mass is 9.90. The molecule has 118 valence electrons. The quantitative estimate of drug-likeness (QED) is 0.849. The van der Waals surface area contributed by atoms with Crippen LogP contribution in [0.1, 0.15) is 47.6 Å². The zero-order valence-electron chi connectivity index (χ0n) is 13.3. The van der Waals surface area contributed by atoms with Crippen LogP contribution in [0.2, 0.25) is 0 Å². The molecule has 2 N–H and O–H groups in total. The molecular weight excluding hydrogens is 284 g/mol. The molecule has 0 fully saturated rings. The first-order chi connectivity index (χ1) is 11.3. The van der Waals surface area contributed by atoms with Crippen molar-refractivity contribution in [3.8, 4) is 0 Å². The van der Waals surface area contributed by atoms with Gasteiger partial charge in [0.2, 0.25) is 0 Å². The standard InChI is InChI=1S/C20H22N2O/c23-20(22-19-13-12-15-7-2-4-10-17(15)19)21-18-11-5-8-14-6-1-3-9-16(14)18/h2,4-5,7-8,10-11,19H,1,3,6,9,12-13H2,(H2,21,22,23). The Kier molecular flexibility index (Phi) is 3.78. The molecule has 1 atom stereocenters. The van der Waals surface area contributed by atoms with Crippen LogP contribution in [-0.2, 0) is 19.3 Å². The number of amides is 2. The first-order valence-corrected chi connectivity index (χ1v) is 8.57.